The third-order valence-corrected chi connectivity index (χ3v) is 4.77. The van der Waals surface area contributed by atoms with Crippen molar-refractivity contribution in [1.29, 1.82) is 0 Å². The van der Waals surface area contributed by atoms with Gasteiger partial charge in [-0.1, -0.05) is 54.4 Å². The van der Waals surface area contributed by atoms with Crippen LogP contribution >= 0.6 is 0 Å². The fraction of sp³-hybridized carbons (Fsp3) is 0.810. The standard InChI is InChI=1S/C12H22O.C9H20O2/c1-5-11(6-2)9-13-10-12(7-3)8-4;1-3-5-6-9(4-2,7-10)8-11/h9-10H,5-8H2,1-4H3;10-11H,3-8H2,1-2H3. The van der Waals surface area contributed by atoms with Crippen molar-refractivity contribution < 1.29 is 14.9 Å². The van der Waals surface area contributed by atoms with E-state index in [4.69, 9.17) is 14.9 Å². The van der Waals surface area contributed by atoms with Crippen molar-refractivity contribution in [3.63, 3.8) is 0 Å². The van der Waals surface area contributed by atoms with E-state index in [0.29, 0.717) is 0 Å². The molecule has 3 heteroatoms. The van der Waals surface area contributed by atoms with Crippen LogP contribution in [0.2, 0.25) is 0 Å². The molecule has 0 radical (unpaired) electrons. The molecule has 0 bridgehead atoms. The lowest BCUT2D eigenvalue weighted by atomic mass is 9.82. The highest BCUT2D eigenvalue weighted by Crippen LogP contribution is 2.27. The minimum absolute atomic E-state index is 0.111. The molecule has 144 valence electrons. The van der Waals surface area contributed by atoms with E-state index in [9.17, 15) is 0 Å². The molecule has 0 spiro atoms. The highest BCUT2D eigenvalue weighted by Gasteiger charge is 2.25. The zero-order valence-corrected chi connectivity index (χ0v) is 17.0. The number of allylic oxidation sites excluding steroid dienone is 2. The van der Waals surface area contributed by atoms with Gasteiger partial charge >= 0.3 is 0 Å². The van der Waals surface area contributed by atoms with Crippen molar-refractivity contribution in [2.45, 2.75) is 92.9 Å². The fourth-order valence-electron chi connectivity index (χ4n) is 2.22. The number of hydrogen-bond acceptors (Lipinski definition) is 3. The third-order valence-electron chi connectivity index (χ3n) is 4.77. The van der Waals surface area contributed by atoms with E-state index in [-0.39, 0.29) is 18.6 Å². The average Bonchev–Trinajstić information content (AvgIpc) is 2.64. The third kappa shape index (κ3) is 11.7. The summed E-state index contributed by atoms with van der Waals surface area (Å²) < 4.78 is 5.40. The molecule has 0 aromatic carbocycles. The Hall–Kier alpha value is -0.800. The van der Waals surface area contributed by atoms with Gasteiger partial charge in [-0.3, -0.25) is 0 Å². The first-order valence-corrected chi connectivity index (χ1v) is 9.75. The van der Waals surface area contributed by atoms with E-state index in [2.05, 4.69) is 34.6 Å². The molecule has 0 heterocycles. The summed E-state index contributed by atoms with van der Waals surface area (Å²) in [6.45, 7) is 13.0. The average molecular weight is 343 g/mol. The van der Waals surface area contributed by atoms with Gasteiger partial charge in [-0.25, -0.2) is 0 Å². The molecule has 0 aromatic heterocycles. The van der Waals surface area contributed by atoms with Crippen molar-refractivity contribution in [3.8, 4) is 0 Å². The monoisotopic (exact) mass is 342 g/mol. The van der Waals surface area contributed by atoms with Gasteiger partial charge < -0.3 is 14.9 Å². The smallest absolute Gasteiger partial charge is 0.0893 e. The van der Waals surface area contributed by atoms with E-state index >= 15 is 0 Å². The number of aliphatic hydroxyl groups excluding tert-OH is 2. The Labute approximate surface area is 150 Å². The lowest BCUT2D eigenvalue weighted by Crippen LogP contribution is -2.28. The summed E-state index contributed by atoms with van der Waals surface area (Å²) in [5, 5.41) is 18.1. The van der Waals surface area contributed by atoms with Crippen LogP contribution in [-0.2, 0) is 4.74 Å². The molecule has 0 aliphatic carbocycles. The van der Waals surface area contributed by atoms with Gasteiger partial charge in [0.05, 0.1) is 25.7 Å². The summed E-state index contributed by atoms with van der Waals surface area (Å²) in [6, 6.07) is 0. The van der Waals surface area contributed by atoms with E-state index < -0.39 is 0 Å². The Bertz CT molecular complexity index is 288. The summed E-state index contributed by atoms with van der Waals surface area (Å²) in [4.78, 5) is 0. The predicted molar refractivity (Wildman–Crippen MR) is 105 cm³/mol. The number of unbranched alkanes of at least 4 members (excludes halogenated alkanes) is 1. The zero-order chi connectivity index (χ0) is 18.8. The molecule has 0 saturated carbocycles. The maximum Gasteiger partial charge on any atom is 0.0893 e. The SMILES string of the molecule is CCC(=COC=C(CC)CC)CC.CCCCC(CC)(CO)CO. The van der Waals surface area contributed by atoms with Gasteiger partial charge in [-0.05, 0) is 49.7 Å². The summed E-state index contributed by atoms with van der Waals surface area (Å²) in [5.74, 6) is 0. The van der Waals surface area contributed by atoms with Crippen LogP contribution in [0.1, 0.15) is 92.9 Å². The normalized spacial score (nSPS) is 10.5. The van der Waals surface area contributed by atoms with Crippen LogP contribution < -0.4 is 0 Å². The molecule has 0 aromatic rings. The molecule has 0 saturated heterocycles. The van der Waals surface area contributed by atoms with Crippen molar-refractivity contribution in [1.82, 2.24) is 0 Å². The van der Waals surface area contributed by atoms with Crippen molar-refractivity contribution in [2.75, 3.05) is 13.2 Å². The van der Waals surface area contributed by atoms with E-state index in [1.165, 1.54) is 11.1 Å². The van der Waals surface area contributed by atoms with E-state index in [0.717, 1.165) is 51.4 Å². The molecule has 0 aliphatic heterocycles. The highest BCUT2D eigenvalue weighted by molar-refractivity contribution is 5.00. The minimum Gasteiger partial charge on any atom is -0.473 e. The maximum atomic E-state index is 9.04. The predicted octanol–water partition coefficient (Wildman–Crippen LogP) is 5.97. The topological polar surface area (TPSA) is 49.7 Å². The Morgan fingerprint density at radius 2 is 1.21 bits per heavy atom. The quantitative estimate of drug-likeness (QED) is 0.430. The van der Waals surface area contributed by atoms with Crippen LogP contribution in [0, 0.1) is 5.41 Å². The van der Waals surface area contributed by atoms with Crippen LogP contribution in [0.4, 0.5) is 0 Å². The molecule has 24 heavy (non-hydrogen) atoms. The second-order valence-corrected chi connectivity index (χ2v) is 6.38. The van der Waals surface area contributed by atoms with E-state index in [1.54, 1.807) is 0 Å². The Morgan fingerprint density at radius 3 is 1.46 bits per heavy atom. The van der Waals surface area contributed by atoms with Gasteiger partial charge in [-0.2, -0.15) is 0 Å². The number of aliphatic hydroxyl groups is 2. The Morgan fingerprint density at radius 1 is 0.792 bits per heavy atom. The molecular formula is C21H42O3. The minimum atomic E-state index is -0.212. The van der Waals surface area contributed by atoms with Gasteiger partial charge in [0.15, 0.2) is 0 Å². The van der Waals surface area contributed by atoms with Crippen LogP contribution in [0.3, 0.4) is 0 Å². The highest BCUT2D eigenvalue weighted by atomic mass is 16.5. The van der Waals surface area contributed by atoms with Crippen LogP contribution in [0.15, 0.2) is 23.7 Å². The summed E-state index contributed by atoms with van der Waals surface area (Å²) in [6.07, 6.45) is 12.1. The molecule has 0 atom stereocenters. The molecule has 0 aliphatic rings. The van der Waals surface area contributed by atoms with Gasteiger partial charge in [0.25, 0.3) is 0 Å². The first kappa shape index (κ1) is 25.4. The van der Waals surface area contributed by atoms with E-state index in [1.807, 2.05) is 19.4 Å². The second-order valence-electron chi connectivity index (χ2n) is 6.38. The summed E-state index contributed by atoms with van der Waals surface area (Å²) in [5.41, 5.74) is 2.52. The number of hydrogen-bond donors (Lipinski definition) is 2. The molecule has 0 amide bonds. The molecular weight excluding hydrogens is 300 g/mol. The Kier molecular flexibility index (Phi) is 18.1. The number of ether oxygens (including phenoxy) is 1. The largest absolute Gasteiger partial charge is 0.473 e. The molecule has 0 rings (SSSR count). The number of rotatable bonds is 12. The van der Waals surface area contributed by atoms with Gasteiger partial charge in [-0.15, -0.1) is 0 Å². The zero-order valence-electron chi connectivity index (χ0n) is 17.0. The Balaban J connectivity index is 0. The first-order chi connectivity index (χ1) is 11.5. The van der Waals surface area contributed by atoms with Crippen LogP contribution in [-0.4, -0.2) is 23.4 Å². The van der Waals surface area contributed by atoms with Gasteiger partial charge in [0, 0.05) is 5.41 Å². The molecule has 3 nitrogen and oxygen atoms in total. The maximum absolute atomic E-state index is 9.04. The first-order valence-electron chi connectivity index (χ1n) is 9.75. The van der Waals surface area contributed by atoms with Crippen LogP contribution in [0.5, 0.6) is 0 Å². The second kappa shape index (κ2) is 17.0. The van der Waals surface area contributed by atoms with Gasteiger partial charge in [0.2, 0.25) is 0 Å². The van der Waals surface area contributed by atoms with Gasteiger partial charge in [0.1, 0.15) is 0 Å². The summed E-state index contributed by atoms with van der Waals surface area (Å²) >= 11 is 0. The molecule has 2 N–H and O–H groups in total. The lowest BCUT2D eigenvalue weighted by molar-refractivity contribution is 0.0420. The lowest BCUT2D eigenvalue weighted by Gasteiger charge is -2.27. The molecule has 0 unspecified atom stereocenters. The van der Waals surface area contributed by atoms with Crippen molar-refractivity contribution in [2.24, 2.45) is 5.41 Å². The van der Waals surface area contributed by atoms with Crippen molar-refractivity contribution in [3.05, 3.63) is 23.7 Å². The summed E-state index contributed by atoms with van der Waals surface area (Å²) in [7, 11) is 0. The fourth-order valence-corrected chi connectivity index (χ4v) is 2.22. The van der Waals surface area contributed by atoms with Crippen molar-refractivity contribution >= 4 is 0 Å². The molecule has 0 fully saturated rings. The van der Waals surface area contributed by atoms with Crippen LogP contribution in [0.25, 0.3) is 0 Å².